The highest BCUT2D eigenvalue weighted by molar-refractivity contribution is 5.88. The number of rotatable bonds is 10. The van der Waals surface area contributed by atoms with E-state index < -0.39 is 6.10 Å². The number of aliphatic hydroxyl groups is 1. The highest BCUT2D eigenvalue weighted by Gasteiger charge is 2.20. The van der Waals surface area contributed by atoms with Crippen molar-refractivity contribution in [3.8, 4) is 5.75 Å². The van der Waals surface area contributed by atoms with Crippen LogP contribution in [0.1, 0.15) is 54.9 Å². The minimum absolute atomic E-state index is 0.299. The summed E-state index contributed by atoms with van der Waals surface area (Å²) in [6.07, 6.45) is 6.40. The van der Waals surface area contributed by atoms with Crippen LogP contribution in [-0.2, 0) is 0 Å². The van der Waals surface area contributed by atoms with Crippen LogP contribution in [0.2, 0.25) is 0 Å². The summed E-state index contributed by atoms with van der Waals surface area (Å²) in [5, 5.41) is 18.5. The van der Waals surface area contributed by atoms with E-state index in [9.17, 15) is 5.11 Å². The van der Waals surface area contributed by atoms with Crippen LogP contribution in [0, 0.1) is 0 Å². The van der Waals surface area contributed by atoms with Crippen LogP contribution in [0.5, 0.6) is 5.75 Å². The molecule has 1 aliphatic rings. The molecule has 204 valence electrons. The molecule has 4 heteroatoms. The van der Waals surface area contributed by atoms with Gasteiger partial charge in [-0.25, -0.2) is 0 Å². The molecule has 39 heavy (non-hydrogen) atoms. The van der Waals surface area contributed by atoms with Gasteiger partial charge in [-0.15, -0.1) is 0 Å². The summed E-state index contributed by atoms with van der Waals surface area (Å²) < 4.78 is 5.72. The van der Waals surface area contributed by atoms with E-state index in [4.69, 9.17) is 4.74 Å². The molecule has 0 amide bonds. The van der Waals surface area contributed by atoms with Gasteiger partial charge in [-0.05, 0) is 60.1 Å². The number of nitrogens with one attached hydrogen (secondary N) is 2. The predicted molar refractivity (Wildman–Crippen MR) is 165 cm³/mol. The molecule has 4 aromatic rings. The predicted octanol–water partition coefficient (Wildman–Crippen LogP) is 6.88. The summed E-state index contributed by atoms with van der Waals surface area (Å²) >= 11 is 0. The SMILES string of the molecule is CC(C)NCC(O)COc1cccc2ccccc12.CNCCCC1c2ccccc2C=Cc2ccccc21. The van der Waals surface area contributed by atoms with Crippen LogP contribution in [0.25, 0.3) is 22.9 Å². The fourth-order valence-electron chi connectivity index (χ4n) is 5.04. The number of hydrogen-bond acceptors (Lipinski definition) is 4. The molecule has 1 atom stereocenters. The number of fused-ring (bicyclic) bond motifs is 3. The smallest absolute Gasteiger partial charge is 0.127 e. The molecule has 0 spiro atoms. The van der Waals surface area contributed by atoms with E-state index in [1.807, 2.05) is 37.4 Å². The molecule has 3 N–H and O–H groups in total. The molecule has 0 saturated carbocycles. The molecular weight excluding hydrogens is 480 g/mol. The third kappa shape index (κ3) is 8.03. The average Bonchev–Trinajstić information content (AvgIpc) is 3.12. The minimum Gasteiger partial charge on any atom is -0.490 e. The van der Waals surface area contributed by atoms with Crippen LogP contribution in [0.4, 0.5) is 0 Å². The van der Waals surface area contributed by atoms with Crippen LogP contribution >= 0.6 is 0 Å². The van der Waals surface area contributed by atoms with E-state index in [0.29, 0.717) is 25.1 Å². The zero-order valence-electron chi connectivity index (χ0n) is 23.4. The van der Waals surface area contributed by atoms with Crippen molar-refractivity contribution in [3.63, 3.8) is 0 Å². The van der Waals surface area contributed by atoms with Gasteiger partial charge in [0.2, 0.25) is 0 Å². The van der Waals surface area contributed by atoms with E-state index >= 15 is 0 Å². The monoisotopic (exact) mass is 522 g/mol. The topological polar surface area (TPSA) is 53.5 Å². The van der Waals surface area contributed by atoms with Gasteiger partial charge >= 0.3 is 0 Å². The molecule has 0 fully saturated rings. The Morgan fingerprint density at radius 1 is 0.795 bits per heavy atom. The fourth-order valence-corrected chi connectivity index (χ4v) is 5.04. The van der Waals surface area contributed by atoms with Gasteiger partial charge in [0.05, 0.1) is 0 Å². The van der Waals surface area contributed by atoms with Gasteiger partial charge in [0.1, 0.15) is 18.5 Å². The second kappa shape index (κ2) is 14.6. The Labute approximate surface area is 233 Å². The summed E-state index contributed by atoms with van der Waals surface area (Å²) in [4.78, 5) is 0. The molecule has 4 nitrogen and oxygen atoms in total. The molecule has 0 aromatic heterocycles. The second-order valence-corrected chi connectivity index (χ2v) is 10.4. The molecule has 1 aliphatic carbocycles. The van der Waals surface area contributed by atoms with Crippen LogP contribution in [0.15, 0.2) is 91.0 Å². The second-order valence-electron chi connectivity index (χ2n) is 10.4. The van der Waals surface area contributed by atoms with Gasteiger partial charge in [0.15, 0.2) is 0 Å². The van der Waals surface area contributed by atoms with E-state index in [0.717, 1.165) is 23.1 Å². The van der Waals surface area contributed by atoms with Crippen LogP contribution < -0.4 is 15.4 Å². The Bertz CT molecular complexity index is 1290. The van der Waals surface area contributed by atoms with Crippen LogP contribution in [0.3, 0.4) is 0 Å². The molecule has 1 unspecified atom stereocenters. The maximum atomic E-state index is 9.84. The van der Waals surface area contributed by atoms with E-state index in [2.05, 4.69) is 97.3 Å². The highest BCUT2D eigenvalue weighted by atomic mass is 16.5. The maximum absolute atomic E-state index is 9.84. The maximum Gasteiger partial charge on any atom is 0.127 e. The zero-order chi connectivity index (χ0) is 27.5. The van der Waals surface area contributed by atoms with Crippen molar-refractivity contribution in [3.05, 3.63) is 113 Å². The molecule has 4 aromatic carbocycles. The van der Waals surface area contributed by atoms with Gasteiger partial charge < -0.3 is 20.5 Å². The van der Waals surface area contributed by atoms with Crippen molar-refractivity contribution < 1.29 is 9.84 Å². The largest absolute Gasteiger partial charge is 0.490 e. The Kier molecular flexibility index (Phi) is 10.7. The Morgan fingerprint density at radius 2 is 1.41 bits per heavy atom. The van der Waals surface area contributed by atoms with Crippen molar-refractivity contribution in [2.75, 3.05) is 26.7 Å². The first-order valence-corrected chi connectivity index (χ1v) is 14.1. The van der Waals surface area contributed by atoms with Crippen molar-refractivity contribution in [1.29, 1.82) is 0 Å². The van der Waals surface area contributed by atoms with Crippen molar-refractivity contribution in [1.82, 2.24) is 10.6 Å². The molecule has 0 radical (unpaired) electrons. The minimum atomic E-state index is -0.499. The lowest BCUT2D eigenvalue weighted by Crippen LogP contribution is -2.35. The van der Waals surface area contributed by atoms with Gasteiger partial charge in [-0.1, -0.05) is 111 Å². The Hall–Kier alpha value is -3.44. The zero-order valence-corrected chi connectivity index (χ0v) is 23.4. The van der Waals surface area contributed by atoms with Gasteiger partial charge in [-0.3, -0.25) is 0 Å². The molecular formula is C35H42N2O2. The third-order valence-corrected chi connectivity index (χ3v) is 7.05. The molecule has 0 aliphatic heterocycles. The normalized spacial score (nSPS) is 13.3. The number of benzene rings is 4. The quantitative estimate of drug-likeness (QED) is 0.199. The highest BCUT2D eigenvalue weighted by Crippen LogP contribution is 2.37. The fraction of sp³-hybridized carbons (Fsp3) is 0.314. The van der Waals surface area contributed by atoms with Crippen molar-refractivity contribution >= 4 is 22.9 Å². The van der Waals surface area contributed by atoms with Gasteiger partial charge in [0, 0.05) is 23.9 Å². The molecule has 5 rings (SSSR count). The lowest BCUT2D eigenvalue weighted by atomic mass is 9.84. The first kappa shape index (κ1) is 28.6. The summed E-state index contributed by atoms with van der Waals surface area (Å²) in [5.41, 5.74) is 5.64. The number of aliphatic hydroxyl groups excluding tert-OH is 1. The molecule has 0 bridgehead atoms. The first-order valence-electron chi connectivity index (χ1n) is 14.1. The summed E-state index contributed by atoms with van der Waals surface area (Å²) in [5.74, 6) is 1.33. The summed E-state index contributed by atoms with van der Waals surface area (Å²) in [6, 6.07) is 32.0. The Morgan fingerprint density at radius 3 is 2.08 bits per heavy atom. The summed E-state index contributed by atoms with van der Waals surface area (Å²) in [6.45, 7) is 6.03. The lowest BCUT2D eigenvalue weighted by Gasteiger charge is -2.20. The van der Waals surface area contributed by atoms with Gasteiger partial charge in [-0.2, -0.15) is 0 Å². The third-order valence-electron chi connectivity index (χ3n) is 7.05. The number of ether oxygens (including phenoxy) is 1. The molecule has 0 heterocycles. The standard InChI is InChI=1S/C19H21N.C16H21NO2/c1-20-14-6-11-19-17-9-4-2-7-15(17)12-13-16-8-3-5-10-18(16)19;1-12(2)17-10-14(18)11-19-16-9-5-7-13-6-3-4-8-15(13)16/h2-5,7-10,12-13,19-20H,6,11,14H2,1H3;3-9,12,14,17-18H,10-11H2,1-2H3. The van der Waals surface area contributed by atoms with Crippen molar-refractivity contribution in [2.24, 2.45) is 0 Å². The number of hydrogen-bond donors (Lipinski definition) is 3. The molecule has 0 saturated heterocycles. The lowest BCUT2D eigenvalue weighted by molar-refractivity contribution is 0.105. The van der Waals surface area contributed by atoms with Crippen molar-refractivity contribution in [2.45, 2.75) is 44.8 Å². The Balaban J connectivity index is 0.000000181. The van der Waals surface area contributed by atoms with E-state index in [1.54, 1.807) is 0 Å². The van der Waals surface area contributed by atoms with E-state index in [-0.39, 0.29) is 0 Å². The first-order chi connectivity index (χ1) is 19.1. The van der Waals surface area contributed by atoms with Gasteiger partial charge in [0.25, 0.3) is 0 Å². The van der Waals surface area contributed by atoms with E-state index in [1.165, 1.54) is 35.1 Å². The summed E-state index contributed by atoms with van der Waals surface area (Å²) in [7, 11) is 2.02. The van der Waals surface area contributed by atoms with Crippen LogP contribution in [-0.4, -0.2) is 44.0 Å². The average molecular weight is 523 g/mol.